The average Bonchev–Trinajstić information content (AvgIpc) is 3.21. The number of hydrogen-bond acceptors (Lipinski definition) is 6. The number of halogens is 3. The van der Waals surface area contributed by atoms with E-state index in [4.69, 9.17) is 11.0 Å². The fourth-order valence-electron chi connectivity index (χ4n) is 3.27. The Balaban J connectivity index is 1.81. The van der Waals surface area contributed by atoms with E-state index in [2.05, 4.69) is 21.1 Å². The van der Waals surface area contributed by atoms with Gasteiger partial charge in [0.2, 0.25) is 0 Å². The summed E-state index contributed by atoms with van der Waals surface area (Å²) in [5.41, 5.74) is 9.64. The molecule has 1 aromatic carbocycles. The zero-order valence-corrected chi connectivity index (χ0v) is 18.5. The number of aliphatic imine (C=N–C) groups is 1. The molecule has 3 aromatic rings. The number of aromatic nitrogens is 3. The van der Waals surface area contributed by atoms with Crippen LogP contribution in [0.4, 0.5) is 13.2 Å². The van der Waals surface area contributed by atoms with Gasteiger partial charge in [-0.05, 0) is 24.6 Å². The maximum absolute atomic E-state index is 12.4. The van der Waals surface area contributed by atoms with Crippen LogP contribution in [0.25, 0.3) is 22.5 Å². The average molecular weight is 468 g/mol. The van der Waals surface area contributed by atoms with Crippen LogP contribution in [-0.2, 0) is 11.2 Å². The highest BCUT2D eigenvalue weighted by molar-refractivity contribution is 6.09. The topological polar surface area (TPSA) is 109 Å². The maximum atomic E-state index is 12.4. The zero-order chi connectivity index (χ0) is 24.7. The van der Waals surface area contributed by atoms with Crippen molar-refractivity contribution >= 4 is 23.2 Å². The van der Waals surface area contributed by atoms with Crippen LogP contribution in [0.5, 0.6) is 0 Å². The van der Waals surface area contributed by atoms with Gasteiger partial charge in [0.15, 0.2) is 5.65 Å². The molecule has 34 heavy (non-hydrogen) atoms. The Morgan fingerprint density at radius 3 is 2.82 bits per heavy atom. The van der Waals surface area contributed by atoms with Gasteiger partial charge in [-0.3, -0.25) is 9.79 Å². The third-order valence-electron chi connectivity index (χ3n) is 5.04. The molecule has 0 aliphatic heterocycles. The first-order chi connectivity index (χ1) is 16.2. The van der Waals surface area contributed by atoms with Crippen molar-refractivity contribution in [3.63, 3.8) is 0 Å². The SMILES string of the molecule is CC(CC#N)N=CC(=CN)c1cnn2c(-c3cccc(CC(=O)CCC(F)(F)F)c3)cnc2c1. The number of fused-ring (bicyclic) bond motifs is 1. The second-order valence-corrected chi connectivity index (χ2v) is 7.80. The Morgan fingerprint density at radius 2 is 2.12 bits per heavy atom. The summed E-state index contributed by atoms with van der Waals surface area (Å²) in [7, 11) is 0. The van der Waals surface area contributed by atoms with Gasteiger partial charge in [-0.25, -0.2) is 9.50 Å². The van der Waals surface area contributed by atoms with Crippen LogP contribution in [-0.4, -0.2) is 38.8 Å². The third-order valence-corrected chi connectivity index (χ3v) is 5.04. The van der Waals surface area contributed by atoms with E-state index in [0.29, 0.717) is 34.5 Å². The number of nitrogens with zero attached hydrogens (tertiary/aromatic N) is 5. The minimum absolute atomic E-state index is 0.0769. The van der Waals surface area contributed by atoms with Crippen LogP contribution in [0.3, 0.4) is 0 Å². The molecule has 1 unspecified atom stereocenters. The number of allylic oxidation sites excluding steroid dienone is 1. The molecule has 176 valence electrons. The summed E-state index contributed by atoms with van der Waals surface area (Å²) in [6.45, 7) is 1.83. The number of nitriles is 1. The lowest BCUT2D eigenvalue weighted by atomic mass is 10.0. The van der Waals surface area contributed by atoms with Gasteiger partial charge >= 0.3 is 6.18 Å². The molecule has 7 nitrogen and oxygen atoms in total. The van der Waals surface area contributed by atoms with Crippen molar-refractivity contribution in [1.82, 2.24) is 14.6 Å². The largest absolute Gasteiger partial charge is 0.404 e. The summed E-state index contributed by atoms with van der Waals surface area (Å²) >= 11 is 0. The van der Waals surface area contributed by atoms with Gasteiger partial charge in [0, 0.05) is 42.0 Å². The molecule has 2 N–H and O–H groups in total. The molecule has 0 fully saturated rings. The van der Waals surface area contributed by atoms with Crippen molar-refractivity contribution in [3.05, 3.63) is 60.1 Å². The van der Waals surface area contributed by atoms with E-state index in [1.807, 2.05) is 13.0 Å². The number of rotatable bonds is 9. The Bertz CT molecular complexity index is 1270. The molecule has 2 heterocycles. The van der Waals surface area contributed by atoms with Crippen LogP contribution in [0, 0.1) is 11.3 Å². The summed E-state index contributed by atoms with van der Waals surface area (Å²) in [5.74, 6) is -0.470. The van der Waals surface area contributed by atoms with Crippen LogP contribution >= 0.6 is 0 Å². The standard InChI is InChI=1S/C24H23F3N6O/c1-16(6-8-28)30-13-20(12-29)19-11-23-31-15-22(33(23)32-14-19)18-4-2-3-17(9-18)10-21(34)5-7-24(25,26)27/h2-4,9,11-16H,5-7,10,29H2,1H3. The van der Waals surface area contributed by atoms with E-state index in [0.717, 1.165) is 5.56 Å². The number of imidazole rings is 1. The summed E-state index contributed by atoms with van der Waals surface area (Å²) in [6, 6.07) is 10.7. The third kappa shape index (κ3) is 6.51. The highest BCUT2D eigenvalue weighted by Crippen LogP contribution is 2.24. The monoisotopic (exact) mass is 468 g/mol. The minimum atomic E-state index is -4.35. The highest BCUT2D eigenvalue weighted by Gasteiger charge is 2.27. The van der Waals surface area contributed by atoms with E-state index in [1.54, 1.807) is 47.4 Å². The Morgan fingerprint density at radius 1 is 1.32 bits per heavy atom. The molecule has 0 saturated heterocycles. The Hall–Kier alpha value is -4.00. The molecule has 0 saturated carbocycles. The fourth-order valence-corrected chi connectivity index (χ4v) is 3.27. The molecule has 2 aromatic heterocycles. The first kappa shape index (κ1) is 24.6. The van der Waals surface area contributed by atoms with Gasteiger partial charge in [-0.15, -0.1) is 0 Å². The van der Waals surface area contributed by atoms with Crippen LogP contribution in [0.2, 0.25) is 0 Å². The summed E-state index contributed by atoms with van der Waals surface area (Å²) in [5, 5.41) is 13.2. The van der Waals surface area contributed by atoms with Crippen molar-refractivity contribution in [1.29, 1.82) is 5.26 Å². The fraction of sp³-hybridized carbons (Fsp3) is 0.292. The van der Waals surface area contributed by atoms with Gasteiger partial charge in [-0.2, -0.15) is 23.5 Å². The van der Waals surface area contributed by atoms with Gasteiger partial charge in [0.05, 0.1) is 43.0 Å². The highest BCUT2D eigenvalue weighted by atomic mass is 19.4. The second kappa shape index (κ2) is 10.7. The predicted molar refractivity (Wildman–Crippen MR) is 123 cm³/mol. The van der Waals surface area contributed by atoms with Gasteiger partial charge in [0.25, 0.3) is 0 Å². The van der Waals surface area contributed by atoms with Crippen molar-refractivity contribution in [2.75, 3.05) is 0 Å². The van der Waals surface area contributed by atoms with E-state index in [-0.39, 0.29) is 12.5 Å². The Labute approximate surface area is 194 Å². The number of carbonyl (C=O) groups is 1. The molecule has 0 radical (unpaired) electrons. The number of benzene rings is 1. The van der Waals surface area contributed by atoms with Crippen molar-refractivity contribution in [2.45, 2.75) is 44.8 Å². The summed E-state index contributed by atoms with van der Waals surface area (Å²) in [6.07, 6.45) is 0.453. The second-order valence-electron chi connectivity index (χ2n) is 7.80. The number of hydrogen-bond donors (Lipinski definition) is 1. The number of Topliss-reactive ketones (excluding diaryl/α,β-unsaturated/α-hetero) is 1. The molecular weight excluding hydrogens is 445 g/mol. The number of ketones is 1. The van der Waals surface area contributed by atoms with E-state index in [9.17, 15) is 18.0 Å². The number of alkyl halides is 3. The smallest absolute Gasteiger partial charge is 0.389 e. The molecule has 3 rings (SSSR count). The first-order valence-corrected chi connectivity index (χ1v) is 10.5. The quantitative estimate of drug-likeness (QED) is 0.464. The van der Waals surface area contributed by atoms with Crippen molar-refractivity contribution < 1.29 is 18.0 Å². The summed E-state index contributed by atoms with van der Waals surface area (Å²) < 4.78 is 38.7. The number of carbonyl (C=O) groups excluding carboxylic acids is 1. The van der Waals surface area contributed by atoms with Crippen LogP contribution < -0.4 is 5.73 Å². The normalized spacial score (nSPS) is 13.3. The van der Waals surface area contributed by atoms with Crippen LogP contribution in [0.15, 0.2) is 53.9 Å². The lowest BCUT2D eigenvalue weighted by Gasteiger charge is -2.07. The number of nitrogens with two attached hydrogens (primary N) is 1. The van der Waals surface area contributed by atoms with E-state index >= 15 is 0 Å². The van der Waals surface area contributed by atoms with Crippen molar-refractivity contribution in [2.24, 2.45) is 10.7 Å². The van der Waals surface area contributed by atoms with E-state index in [1.165, 1.54) is 6.20 Å². The molecule has 0 spiro atoms. The van der Waals surface area contributed by atoms with Gasteiger partial charge in [0.1, 0.15) is 5.78 Å². The lowest BCUT2D eigenvalue weighted by Crippen LogP contribution is -2.12. The molecule has 1 atom stereocenters. The van der Waals surface area contributed by atoms with Gasteiger partial charge in [-0.1, -0.05) is 18.2 Å². The Kier molecular flexibility index (Phi) is 7.79. The van der Waals surface area contributed by atoms with Crippen molar-refractivity contribution in [3.8, 4) is 17.3 Å². The summed E-state index contributed by atoms with van der Waals surface area (Å²) in [4.78, 5) is 20.7. The van der Waals surface area contributed by atoms with E-state index < -0.39 is 24.8 Å². The molecular formula is C24H23F3N6O. The first-order valence-electron chi connectivity index (χ1n) is 10.5. The molecule has 0 amide bonds. The maximum Gasteiger partial charge on any atom is 0.389 e. The van der Waals surface area contributed by atoms with Crippen LogP contribution in [0.1, 0.15) is 37.3 Å². The van der Waals surface area contributed by atoms with Gasteiger partial charge < -0.3 is 5.73 Å². The minimum Gasteiger partial charge on any atom is -0.404 e. The molecule has 0 bridgehead atoms. The zero-order valence-electron chi connectivity index (χ0n) is 18.5. The molecule has 10 heteroatoms. The molecule has 0 aliphatic carbocycles. The predicted octanol–water partition coefficient (Wildman–Crippen LogP) is 4.52. The molecule has 0 aliphatic rings. The lowest BCUT2D eigenvalue weighted by molar-refractivity contribution is -0.143.